The SMILES string of the molecule is COc1ccccc1/C=C/C=C1/Oc2cc(OCc3cccc(Cl)c3)ccc2C1=O. The average Bonchev–Trinajstić information content (AvgIpc) is 3.07. The Kier molecular flexibility index (Phi) is 5.87. The Hall–Kier alpha value is -3.50. The molecule has 0 aromatic heterocycles. The number of ether oxygens (including phenoxy) is 3. The van der Waals surface area contributed by atoms with Crippen molar-refractivity contribution in [3.05, 3.63) is 106 Å². The summed E-state index contributed by atoms with van der Waals surface area (Å²) in [5.74, 6) is 1.97. The van der Waals surface area contributed by atoms with Crippen molar-refractivity contribution in [3.8, 4) is 17.2 Å². The minimum atomic E-state index is -0.156. The quantitative estimate of drug-likeness (QED) is 0.454. The third-order valence-corrected chi connectivity index (χ3v) is 4.83. The molecule has 1 aliphatic rings. The van der Waals surface area contributed by atoms with Crippen LogP contribution in [0, 0.1) is 0 Å². The highest BCUT2D eigenvalue weighted by atomic mass is 35.5. The zero-order valence-electron chi connectivity index (χ0n) is 16.3. The molecule has 0 amide bonds. The Bertz CT molecular complexity index is 1150. The molecule has 0 fully saturated rings. The van der Waals surface area contributed by atoms with E-state index in [1.165, 1.54) is 0 Å². The van der Waals surface area contributed by atoms with E-state index in [-0.39, 0.29) is 11.5 Å². The number of methoxy groups -OCH3 is 1. The molecule has 4 rings (SSSR count). The number of carbonyl (C=O) groups is 1. The Morgan fingerprint density at radius 2 is 1.90 bits per heavy atom. The van der Waals surface area contributed by atoms with E-state index in [1.807, 2.05) is 54.6 Å². The van der Waals surface area contributed by atoms with Crippen molar-refractivity contribution in [2.75, 3.05) is 7.11 Å². The number of hydrogen-bond donors (Lipinski definition) is 0. The molecule has 0 spiro atoms. The number of Topliss-reactive ketones (excluding diaryl/α,β-unsaturated/α-hetero) is 1. The van der Waals surface area contributed by atoms with Crippen LogP contribution in [0.15, 0.2) is 84.6 Å². The van der Waals surface area contributed by atoms with Crippen LogP contribution in [0.2, 0.25) is 5.02 Å². The summed E-state index contributed by atoms with van der Waals surface area (Å²) in [6, 6.07) is 20.3. The first-order valence-corrected chi connectivity index (χ1v) is 9.77. The normalized spacial score (nSPS) is 14.1. The molecule has 1 aliphatic heterocycles. The largest absolute Gasteiger partial charge is 0.496 e. The number of rotatable bonds is 6. The first kappa shape index (κ1) is 19.8. The van der Waals surface area contributed by atoms with Crippen LogP contribution in [-0.2, 0) is 6.61 Å². The zero-order chi connectivity index (χ0) is 20.9. The predicted molar refractivity (Wildman–Crippen MR) is 117 cm³/mol. The number of benzene rings is 3. The van der Waals surface area contributed by atoms with Gasteiger partial charge in [0.2, 0.25) is 5.78 Å². The van der Waals surface area contributed by atoms with Gasteiger partial charge in [-0.1, -0.05) is 54.1 Å². The Morgan fingerprint density at radius 3 is 2.73 bits per heavy atom. The summed E-state index contributed by atoms with van der Waals surface area (Å²) < 4.78 is 16.9. The topological polar surface area (TPSA) is 44.8 Å². The van der Waals surface area contributed by atoms with Crippen LogP contribution < -0.4 is 14.2 Å². The smallest absolute Gasteiger partial charge is 0.231 e. The highest BCUT2D eigenvalue weighted by Gasteiger charge is 2.27. The van der Waals surface area contributed by atoms with Gasteiger partial charge in [0, 0.05) is 16.7 Å². The fourth-order valence-corrected chi connectivity index (χ4v) is 3.32. The molecule has 0 saturated carbocycles. The van der Waals surface area contributed by atoms with Crippen molar-refractivity contribution < 1.29 is 19.0 Å². The van der Waals surface area contributed by atoms with Crippen LogP contribution in [0.3, 0.4) is 0 Å². The minimum Gasteiger partial charge on any atom is -0.496 e. The lowest BCUT2D eigenvalue weighted by atomic mass is 10.1. The zero-order valence-corrected chi connectivity index (χ0v) is 17.1. The Labute approximate surface area is 180 Å². The summed E-state index contributed by atoms with van der Waals surface area (Å²) in [5.41, 5.74) is 2.39. The van der Waals surface area contributed by atoms with Crippen LogP contribution in [0.1, 0.15) is 21.5 Å². The maximum Gasteiger partial charge on any atom is 0.231 e. The summed E-state index contributed by atoms with van der Waals surface area (Å²) in [4.78, 5) is 12.6. The molecule has 30 heavy (non-hydrogen) atoms. The molecule has 0 atom stereocenters. The van der Waals surface area contributed by atoms with E-state index in [0.717, 1.165) is 16.9 Å². The van der Waals surface area contributed by atoms with Crippen LogP contribution in [0.4, 0.5) is 0 Å². The number of allylic oxidation sites excluding steroid dienone is 3. The van der Waals surface area contributed by atoms with Crippen molar-refractivity contribution in [3.63, 3.8) is 0 Å². The lowest BCUT2D eigenvalue weighted by Crippen LogP contribution is -1.97. The predicted octanol–water partition coefficient (Wildman–Crippen LogP) is 6.10. The van der Waals surface area contributed by atoms with Crippen molar-refractivity contribution in [2.24, 2.45) is 0 Å². The second-order valence-electron chi connectivity index (χ2n) is 6.64. The van der Waals surface area contributed by atoms with Gasteiger partial charge in [-0.25, -0.2) is 0 Å². The number of hydrogen-bond acceptors (Lipinski definition) is 4. The molecule has 0 unspecified atom stereocenters. The molecule has 150 valence electrons. The summed E-state index contributed by atoms with van der Waals surface area (Å²) in [5, 5.41) is 0.662. The molecule has 3 aromatic carbocycles. The monoisotopic (exact) mass is 418 g/mol. The maximum absolute atomic E-state index is 12.6. The molecule has 4 nitrogen and oxygen atoms in total. The van der Waals surface area contributed by atoms with Crippen molar-refractivity contribution in [1.82, 2.24) is 0 Å². The highest BCUT2D eigenvalue weighted by molar-refractivity contribution is 6.30. The number of ketones is 1. The van der Waals surface area contributed by atoms with Crippen molar-refractivity contribution >= 4 is 23.5 Å². The van der Waals surface area contributed by atoms with Crippen LogP contribution in [0.25, 0.3) is 6.08 Å². The molecule has 5 heteroatoms. The molecule has 3 aromatic rings. The van der Waals surface area contributed by atoms with Gasteiger partial charge >= 0.3 is 0 Å². The van der Waals surface area contributed by atoms with E-state index in [9.17, 15) is 4.79 Å². The van der Waals surface area contributed by atoms with Crippen LogP contribution >= 0.6 is 11.6 Å². The second kappa shape index (κ2) is 8.89. The van der Waals surface area contributed by atoms with Gasteiger partial charge in [0.25, 0.3) is 0 Å². The summed E-state index contributed by atoms with van der Waals surface area (Å²) in [7, 11) is 1.62. The molecule has 0 saturated heterocycles. The van der Waals surface area contributed by atoms with Gasteiger partial charge in [0.15, 0.2) is 5.76 Å². The first-order valence-electron chi connectivity index (χ1n) is 9.39. The van der Waals surface area contributed by atoms with E-state index < -0.39 is 0 Å². The molecule has 0 radical (unpaired) electrons. The van der Waals surface area contributed by atoms with Gasteiger partial charge in [0.05, 0.1) is 12.7 Å². The molecular formula is C25H19ClO4. The van der Waals surface area contributed by atoms with Gasteiger partial charge in [-0.2, -0.15) is 0 Å². The van der Waals surface area contributed by atoms with Gasteiger partial charge in [0.1, 0.15) is 23.9 Å². The first-order chi connectivity index (χ1) is 14.6. The second-order valence-corrected chi connectivity index (χ2v) is 7.08. The standard InChI is InChI=1S/C25H19ClO4/c1-28-22-10-3-2-7-18(22)8-5-11-23-25(27)21-13-12-20(15-24(21)30-23)29-16-17-6-4-9-19(26)14-17/h2-15H,16H2,1H3/b8-5+,23-11+. The van der Waals surface area contributed by atoms with Crippen molar-refractivity contribution in [2.45, 2.75) is 6.61 Å². The van der Waals surface area contributed by atoms with Crippen LogP contribution in [0.5, 0.6) is 17.2 Å². The fourth-order valence-electron chi connectivity index (χ4n) is 3.11. The average molecular weight is 419 g/mol. The summed E-state index contributed by atoms with van der Waals surface area (Å²) in [6.07, 6.45) is 5.29. The Morgan fingerprint density at radius 1 is 1.03 bits per heavy atom. The van der Waals surface area contributed by atoms with Crippen LogP contribution in [-0.4, -0.2) is 12.9 Å². The summed E-state index contributed by atoms with van der Waals surface area (Å²) in [6.45, 7) is 0.373. The van der Waals surface area contributed by atoms with E-state index in [0.29, 0.717) is 28.7 Å². The van der Waals surface area contributed by atoms with Gasteiger partial charge in [-0.05, 0) is 42.0 Å². The van der Waals surface area contributed by atoms with E-state index in [4.69, 9.17) is 25.8 Å². The number of carbonyl (C=O) groups excluding carboxylic acids is 1. The molecule has 0 aliphatic carbocycles. The van der Waals surface area contributed by atoms with Gasteiger partial charge in [-0.15, -0.1) is 0 Å². The molecule has 0 N–H and O–H groups in total. The Balaban J connectivity index is 1.46. The number of fused-ring (bicyclic) bond motifs is 1. The summed E-state index contributed by atoms with van der Waals surface area (Å²) >= 11 is 6.00. The van der Waals surface area contributed by atoms with Gasteiger partial charge < -0.3 is 14.2 Å². The lowest BCUT2D eigenvalue weighted by molar-refractivity contribution is 0.101. The third kappa shape index (κ3) is 4.39. The minimum absolute atomic E-state index is 0.156. The number of para-hydroxylation sites is 1. The third-order valence-electron chi connectivity index (χ3n) is 4.60. The van der Waals surface area contributed by atoms with E-state index in [1.54, 1.807) is 37.5 Å². The lowest BCUT2D eigenvalue weighted by Gasteiger charge is -2.07. The highest BCUT2D eigenvalue weighted by Crippen LogP contribution is 2.34. The fraction of sp³-hybridized carbons (Fsp3) is 0.0800. The maximum atomic E-state index is 12.6. The molecule has 0 bridgehead atoms. The van der Waals surface area contributed by atoms with E-state index in [2.05, 4.69) is 0 Å². The molecular weight excluding hydrogens is 400 g/mol. The van der Waals surface area contributed by atoms with Gasteiger partial charge in [-0.3, -0.25) is 4.79 Å². The van der Waals surface area contributed by atoms with E-state index >= 15 is 0 Å². The number of halogens is 1. The van der Waals surface area contributed by atoms with Crippen molar-refractivity contribution in [1.29, 1.82) is 0 Å². The molecule has 1 heterocycles.